The average molecular weight is 472 g/mol. The molecule has 2 saturated heterocycles. The van der Waals surface area contributed by atoms with Gasteiger partial charge >= 0.3 is 0 Å². The van der Waals surface area contributed by atoms with Crippen molar-refractivity contribution < 1.29 is 14.3 Å². The summed E-state index contributed by atoms with van der Waals surface area (Å²) in [5, 5.41) is 7.58. The number of pyridine rings is 1. The summed E-state index contributed by atoms with van der Waals surface area (Å²) in [4.78, 5) is 17.3. The molecule has 2 atom stereocenters. The first kappa shape index (κ1) is 24.1. The van der Waals surface area contributed by atoms with Crippen LogP contribution in [0.1, 0.15) is 31.4 Å². The Hall–Kier alpha value is -1.99. The Morgan fingerprint density at radius 1 is 1.24 bits per heavy atom. The Balaban J connectivity index is 1.39. The number of halogens is 1. The summed E-state index contributed by atoms with van der Waals surface area (Å²) in [6, 6.07) is 10.6. The van der Waals surface area contributed by atoms with Gasteiger partial charge in [-0.2, -0.15) is 0 Å². The number of carbonyl (C=O) groups excluding carboxylic acids is 1. The van der Waals surface area contributed by atoms with Gasteiger partial charge < -0.3 is 20.1 Å². The van der Waals surface area contributed by atoms with Crippen molar-refractivity contribution in [1.82, 2.24) is 10.3 Å². The molecule has 3 heterocycles. The van der Waals surface area contributed by atoms with Gasteiger partial charge in [0, 0.05) is 74.9 Å². The topological polar surface area (TPSA) is 72.5 Å². The maximum Gasteiger partial charge on any atom is 0.143 e. The second kappa shape index (κ2) is 11.9. The number of aromatic nitrogens is 1. The maximum absolute atomic E-state index is 12.9. The lowest BCUT2D eigenvalue weighted by atomic mass is 9.89. The Kier molecular flexibility index (Phi) is 8.73. The van der Waals surface area contributed by atoms with E-state index >= 15 is 0 Å². The fourth-order valence-corrected chi connectivity index (χ4v) is 4.88. The van der Waals surface area contributed by atoms with E-state index in [1.54, 1.807) is 13.3 Å². The molecule has 6 nitrogen and oxygen atoms in total. The molecule has 33 heavy (non-hydrogen) atoms. The molecule has 0 saturated carbocycles. The highest BCUT2D eigenvalue weighted by Crippen LogP contribution is 2.30. The largest absolute Gasteiger partial charge is 0.385 e. The molecule has 0 aliphatic carbocycles. The van der Waals surface area contributed by atoms with Crippen molar-refractivity contribution in [3.05, 3.63) is 47.2 Å². The summed E-state index contributed by atoms with van der Waals surface area (Å²) in [6.45, 7) is 4.04. The summed E-state index contributed by atoms with van der Waals surface area (Å²) in [5.41, 5.74) is 3.77. The van der Waals surface area contributed by atoms with E-state index < -0.39 is 0 Å². The first-order valence-electron chi connectivity index (χ1n) is 11.9. The first-order valence-corrected chi connectivity index (χ1v) is 12.3. The fourth-order valence-electron chi connectivity index (χ4n) is 4.67. The third kappa shape index (κ3) is 6.76. The number of ether oxygens (including phenoxy) is 2. The Bertz CT molecular complexity index is 925. The molecule has 0 bridgehead atoms. The van der Waals surface area contributed by atoms with E-state index in [0.29, 0.717) is 36.6 Å². The highest BCUT2D eigenvalue weighted by atomic mass is 35.5. The lowest BCUT2D eigenvalue weighted by Gasteiger charge is -2.28. The van der Waals surface area contributed by atoms with Crippen molar-refractivity contribution in [2.45, 2.75) is 38.1 Å². The highest BCUT2D eigenvalue weighted by Gasteiger charge is 2.26. The minimum absolute atomic E-state index is 0.0248. The zero-order valence-corrected chi connectivity index (χ0v) is 20.1. The van der Waals surface area contributed by atoms with E-state index in [1.807, 2.05) is 18.2 Å². The SMILES string of the molecule is COC[C@H]1CC[C@H](C(=O)Cc2cc(-c3cccc(NCC4CCOCC4)c3)c(Cl)cn2)CN1. The minimum Gasteiger partial charge on any atom is -0.385 e. The fraction of sp³-hybridized carbons (Fsp3) is 0.538. The van der Waals surface area contributed by atoms with E-state index in [4.69, 9.17) is 21.1 Å². The molecule has 178 valence electrons. The van der Waals surface area contributed by atoms with Gasteiger partial charge in [-0.1, -0.05) is 23.7 Å². The number of nitrogens with one attached hydrogen (secondary N) is 2. The number of anilines is 1. The number of hydrogen-bond acceptors (Lipinski definition) is 6. The van der Waals surface area contributed by atoms with Crippen LogP contribution in [-0.4, -0.2) is 56.8 Å². The maximum atomic E-state index is 12.9. The van der Waals surface area contributed by atoms with Gasteiger partial charge in [-0.3, -0.25) is 9.78 Å². The molecular weight excluding hydrogens is 438 g/mol. The van der Waals surface area contributed by atoms with Gasteiger partial charge in [0.1, 0.15) is 5.78 Å². The number of hydrogen-bond donors (Lipinski definition) is 2. The standard InChI is InChI=1S/C26H34ClN3O3/c1-32-17-22-6-5-20(15-29-22)26(31)13-23-12-24(25(27)16-30-23)19-3-2-4-21(11-19)28-14-18-7-9-33-10-8-18/h2-4,11-12,16,18,20,22,28-29H,5-10,13-15,17H2,1H3/t20-,22+/m0/s1. The van der Waals surface area contributed by atoms with Crippen molar-refractivity contribution in [2.75, 3.05) is 45.3 Å². The quantitative estimate of drug-likeness (QED) is 0.566. The Morgan fingerprint density at radius 3 is 2.85 bits per heavy atom. The second-order valence-electron chi connectivity index (χ2n) is 9.15. The van der Waals surface area contributed by atoms with E-state index in [-0.39, 0.29) is 11.7 Å². The first-order chi connectivity index (χ1) is 16.1. The Morgan fingerprint density at radius 2 is 2.09 bits per heavy atom. The number of nitrogens with zero attached hydrogens (tertiary/aromatic N) is 1. The van der Waals surface area contributed by atoms with Gasteiger partial charge in [0.2, 0.25) is 0 Å². The zero-order chi connectivity index (χ0) is 23.0. The molecule has 4 rings (SSSR count). The second-order valence-corrected chi connectivity index (χ2v) is 9.56. The molecule has 2 aromatic rings. The van der Waals surface area contributed by atoms with Crippen molar-refractivity contribution in [3.8, 4) is 11.1 Å². The monoisotopic (exact) mass is 471 g/mol. The summed E-state index contributed by atoms with van der Waals surface area (Å²) in [7, 11) is 1.71. The van der Waals surface area contributed by atoms with Crippen LogP contribution in [0.2, 0.25) is 5.02 Å². The van der Waals surface area contributed by atoms with Crippen molar-refractivity contribution in [1.29, 1.82) is 0 Å². The van der Waals surface area contributed by atoms with E-state index in [1.165, 1.54) is 0 Å². The van der Waals surface area contributed by atoms with Gasteiger partial charge in [0.15, 0.2) is 0 Å². The number of piperidine rings is 1. The van der Waals surface area contributed by atoms with Gasteiger partial charge in [-0.05, 0) is 55.4 Å². The molecule has 0 spiro atoms. The summed E-state index contributed by atoms with van der Waals surface area (Å²) in [6.07, 6.45) is 6.04. The molecule has 0 amide bonds. The third-order valence-corrected chi connectivity index (χ3v) is 7.02. The number of benzene rings is 1. The smallest absolute Gasteiger partial charge is 0.143 e. The molecule has 2 fully saturated rings. The molecule has 2 aliphatic rings. The molecule has 1 aromatic carbocycles. The molecule has 2 aliphatic heterocycles. The number of Topliss-reactive ketones (excluding diaryl/α,β-unsaturated/α-hetero) is 1. The number of rotatable bonds is 9. The minimum atomic E-state index is 0.0248. The number of methoxy groups -OCH3 is 1. The van der Waals surface area contributed by atoms with Crippen molar-refractivity contribution in [3.63, 3.8) is 0 Å². The van der Waals surface area contributed by atoms with Gasteiger partial charge in [-0.25, -0.2) is 0 Å². The van der Waals surface area contributed by atoms with Crippen LogP contribution in [0.5, 0.6) is 0 Å². The van der Waals surface area contributed by atoms with Crippen LogP contribution in [0.4, 0.5) is 5.69 Å². The molecule has 0 radical (unpaired) electrons. The van der Waals surface area contributed by atoms with Crippen LogP contribution in [0, 0.1) is 11.8 Å². The predicted octanol–water partition coefficient (Wildman–Crippen LogP) is 4.37. The summed E-state index contributed by atoms with van der Waals surface area (Å²) in [5.74, 6) is 0.895. The molecule has 0 unspecified atom stereocenters. The molecule has 2 N–H and O–H groups in total. The van der Waals surface area contributed by atoms with Crippen molar-refractivity contribution in [2.24, 2.45) is 11.8 Å². The van der Waals surface area contributed by atoms with Crippen LogP contribution in [0.15, 0.2) is 36.5 Å². The number of ketones is 1. The van der Waals surface area contributed by atoms with Crippen LogP contribution in [-0.2, 0) is 20.7 Å². The van der Waals surface area contributed by atoms with Gasteiger partial charge in [0.25, 0.3) is 0 Å². The normalized spacial score (nSPS) is 21.6. The molecule has 7 heteroatoms. The highest BCUT2D eigenvalue weighted by molar-refractivity contribution is 6.33. The van der Waals surface area contributed by atoms with Crippen molar-refractivity contribution >= 4 is 23.1 Å². The molecule has 1 aromatic heterocycles. The molecular formula is C26H34ClN3O3. The van der Waals surface area contributed by atoms with E-state index in [2.05, 4.69) is 27.8 Å². The van der Waals surface area contributed by atoms with E-state index in [9.17, 15) is 4.79 Å². The van der Waals surface area contributed by atoms with Crippen LogP contribution in [0.3, 0.4) is 0 Å². The lowest BCUT2D eigenvalue weighted by Crippen LogP contribution is -2.44. The summed E-state index contributed by atoms with van der Waals surface area (Å²) < 4.78 is 10.7. The summed E-state index contributed by atoms with van der Waals surface area (Å²) >= 11 is 6.51. The van der Waals surface area contributed by atoms with Gasteiger partial charge in [0.05, 0.1) is 11.6 Å². The third-order valence-electron chi connectivity index (χ3n) is 6.72. The van der Waals surface area contributed by atoms with Crippen LogP contribution < -0.4 is 10.6 Å². The van der Waals surface area contributed by atoms with E-state index in [0.717, 1.165) is 68.0 Å². The average Bonchev–Trinajstić information content (AvgIpc) is 2.85. The lowest BCUT2D eigenvalue weighted by molar-refractivity contribution is -0.123. The van der Waals surface area contributed by atoms with Gasteiger partial charge in [-0.15, -0.1) is 0 Å². The van der Waals surface area contributed by atoms with Crippen LogP contribution >= 0.6 is 11.6 Å². The Labute approximate surface area is 201 Å². The predicted molar refractivity (Wildman–Crippen MR) is 132 cm³/mol. The number of carbonyl (C=O) groups is 1. The zero-order valence-electron chi connectivity index (χ0n) is 19.3. The van der Waals surface area contributed by atoms with Crippen LogP contribution in [0.25, 0.3) is 11.1 Å².